The number of hydrogen-bond acceptors (Lipinski definition) is 1. The summed E-state index contributed by atoms with van der Waals surface area (Å²) in [7, 11) is 0. The summed E-state index contributed by atoms with van der Waals surface area (Å²) >= 11 is 1.83. The Morgan fingerprint density at radius 2 is 1.47 bits per heavy atom. The van der Waals surface area contributed by atoms with E-state index in [9.17, 15) is 0 Å². The fraction of sp³-hybridized carbons (Fsp3) is 0.812. The van der Waals surface area contributed by atoms with Gasteiger partial charge in [0.1, 0.15) is 0 Å². The van der Waals surface area contributed by atoms with Gasteiger partial charge in [0.15, 0.2) is 0 Å². The van der Waals surface area contributed by atoms with Gasteiger partial charge in [-0.3, -0.25) is 0 Å². The Labute approximate surface area is 113 Å². The van der Waals surface area contributed by atoms with E-state index in [4.69, 9.17) is 0 Å². The first kappa shape index (κ1) is 16.9. The van der Waals surface area contributed by atoms with Crippen LogP contribution >= 0.6 is 11.8 Å². The Hall–Kier alpha value is -0.0900. The quantitative estimate of drug-likeness (QED) is 0.367. The van der Waals surface area contributed by atoms with Crippen molar-refractivity contribution in [1.29, 1.82) is 0 Å². The summed E-state index contributed by atoms with van der Waals surface area (Å²) in [6.45, 7) is 6.04. The first-order valence-electron chi connectivity index (χ1n) is 7.11. The normalized spacial score (nSPS) is 11.9. The Morgan fingerprint density at radius 3 is 2.00 bits per heavy atom. The molecule has 0 aliphatic heterocycles. The van der Waals surface area contributed by atoms with Gasteiger partial charge in [0.05, 0.1) is 5.25 Å². The molecule has 0 rings (SSSR count). The van der Waals surface area contributed by atoms with Gasteiger partial charge in [0.2, 0.25) is 0 Å². The predicted octanol–water partition coefficient (Wildman–Crippen LogP) is 5.48. The molecule has 0 aromatic rings. The molecule has 1 unspecified atom stereocenters. The molecular weight excluding hydrogens is 224 g/mol. The van der Waals surface area contributed by atoms with E-state index in [0.29, 0.717) is 5.25 Å². The van der Waals surface area contributed by atoms with E-state index >= 15 is 0 Å². The topological polar surface area (TPSA) is 0 Å². The second-order valence-corrected chi connectivity index (χ2v) is 5.81. The second kappa shape index (κ2) is 14.0. The summed E-state index contributed by atoms with van der Waals surface area (Å²) in [5, 5.41) is 0.503. The molecule has 17 heavy (non-hydrogen) atoms. The van der Waals surface area contributed by atoms with Crippen molar-refractivity contribution >= 4 is 11.8 Å². The van der Waals surface area contributed by atoms with Crippen LogP contribution in [0, 0.1) is 18.8 Å². The van der Waals surface area contributed by atoms with Crippen molar-refractivity contribution in [2.75, 3.05) is 6.26 Å². The fourth-order valence-corrected chi connectivity index (χ4v) is 1.93. The molecule has 1 atom stereocenters. The Bertz CT molecular complexity index is 199. The Morgan fingerprint density at radius 1 is 0.941 bits per heavy atom. The monoisotopic (exact) mass is 253 g/mol. The maximum Gasteiger partial charge on any atom is 0.0626 e. The lowest BCUT2D eigenvalue weighted by atomic mass is 10.1. The van der Waals surface area contributed by atoms with Gasteiger partial charge >= 0.3 is 0 Å². The van der Waals surface area contributed by atoms with Gasteiger partial charge in [0, 0.05) is 6.42 Å². The molecule has 1 radical (unpaired) electrons. The summed E-state index contributed by atoms with van der Waals surface area (Å²) in [5.74, 6) is 6.54. The maximum absolute atomic E-state index is 3.87. The molecule has 0 saturated carbocycles. The lowest BCUT2D eigenvalue weighted by Gasteiger charge is -2.00. The molecule has 0 nitrogen and oxygen atoms in total. The van der Waals surface area contributed by atoms with Crippen LogP contribution < -0.4 is 0 Å². The highest BCUT2D eigenvalue weighted by Gasteiger charge is 1.92. The molecule has 0 aliphatic carbocycles. The lowest BCUT2D eigenvalue weighted by molar-refractivity contribution is 0.572. The molecule has 0 aliphatic rings. The van der Waals surface area contributed by atoms with E-state index in [0.717, 1.165) is 12.8 Å². The molecule has 0 bridgehead atoms. The van der Waals surface area contributed by atoms with Crippen molar-refractivity contribution in [3.63, 3.8) is 0 Å². The van der Waals surface area contributed by atoms with Crippen LogP contribution in [-0.2, 0) is 0 Å². The van der Waals surface area contributed by atoms with Gasteiger partial charge in [-0.1, -0.05) is 64.2 Å². The summed E-state index contributed by atoms with van der Waals surface area (Å²) < 4.78 is 0. The lowest BCUT2D eigenvalue weighted by Crippen LogP contribution is -1.87. The average molecular weight is 253 g/mol. The highest BCUT2D eigenvalue weighted by Crippen LogP contribution is 2.10. The molecule has 0 fully saturated rings. The van der Waals surface area contributed by atoms with Gasteiger partial charge < -0.3 is 0 Å². The van der Waals surface area contributed by atoms with E-state index in [1.54, 1.807) is 0 Å². The van der Waals surface area contributed by atoms with Gasteiger partial charge in [-0.05, 0) is 19.6 Å². The largest absolute Gasteiger partial charge is 0.149 e. The first-order chi connectivity index (χ1) is 8.31. The minimum absolute atomic E-state index is 0.503. The van der Waals surface area contributed by atoms with Gasteiger partial charge in [0.25, 0.3) is 0 Å². The van der Waals surface area contributed by atoms with Crippen LogP contribution in [0.3, 0.4) is 0 Å². The number of rotatable bonds is 10. The Kier molecular flexibility index (Phi) is 13.9. The fourth-order valence-electron chi connectivity index (χ4n) is 1.73. The van der Waals surface area contributed by atoms with Gasteiger partial charge in [-0.25, -0.2) is 0 Å². The predicted molar refractivity (Wildman–Crippen MR) is 82.3 cm³/mol. The number of unbranched alkanes of at least 4 members (excludes halogenated alkanes) is 9. The third kappa shape index (κ3) is 13.8. The van der Waals surface area contributed by atoms with E-state index < -0.39 is 0 Å². The van der Waals surface area contributed by atoms with E-state index in [-0.39, 0.29) is 0 Å². The summed E-state index contributed by atoms with van der Waals surface area (Å²) in [6.07, 6.45) is 15.3. The molecule has 0 amide bonds. The number of thioether (sulfide) groups is 1. The minimum Gasteiger partial charge on any atom is -0.149 e. The van der Waals surface area contributed by atoms with Crippen molar-refractivity contribution in [2.45, 2.75) is 76.4 Å². The van der Waals surface area contributed by atoms with Crippen LogP contribution in [0.25, 0.3) is 0 Å². The first-order valence-corrected chi connectivity index (χ1v) is 8.40. The summed E-state index contributed by atoms with van der Waals surface area (Å²) in [4.78, 5) is 0. The smallest absolute Gasteiger partial charge is 0.0626 e. The third-order valence-corrected chi connectivity index (χ3v) is 3.79. The molecule has 0 aromatic carbocycles. The van der Waals surface area contributed by atoms with Crippen LogP contribution in [0.4, 0.5) is 0 Å². The van der Waals surface area contributed by atoms with Gasteiger partial charge in [-0.15, -0.1) is 17.7 Å². The SMILES string of the molecule is [CH2]CCCCCCCCCCC#CC(C)SC. The van der Waals surface area contributed by atoms with Gasteiger partial charge in [-0.2, -0.15) is 0 Å². The molecule has 1 heteroatoms. The maximum atomic E-state index is 3.87. The third-order valence-electron chi connectivity index (χ3n) is 2.96. The zero-order valence-corrected chi connectivity index (χ0v) is 12.6. The van der Waals surface area contributed by atoms with Crippen molar-refractivity contribution in [3.05, 3.63) is 6.92 Å². The van der Waals surface area contributed by atoms with Crippen LogP contribution in [0.1, 0.15) is 71.1 Å². The van der Waals surface area contributed by atoms with Crippen molar-refractivity contribution < 1.29 is 0 Å². The molecule has 0 heterocycles. The highest BCUT2D eigenvalue weighted by atomic mass is 32.2. The Balaban J connectivity index is 3.10. The van der Waals surface area contributed by atoms with Crippen LogP contribution in [0.5, 0.6) is 0 Å². The van der Waals surface area contributed by atoms with Crippen LogP contribution in [0.2, 0.25) is 0 Å². The van der Waals surface area contributed by atoms with Crippen molar-refractivity contribution in [2.24, 2.45) is 0 Å². The molecule has 0 spiro atoms. The van der Waals surface area contributed by atoms with E-state index in [1.165, 1.54) is 51.4 Å². The van der Waals surface area contributed by atoms with Crippen LogP contribution in [0.15, 0.2) is 0 Å². The molecular formula is C16H29S. The van der Waals surface area contributed by atoms with E-state index in [1.807, 2.05) is 11.8 Å². The van der Waals surface area contributed by atoms with Crippen molar-refractivity contribution in [1.82, 2.24) is 0 Å². The minimum atomic E-state index is 0.503. The molecule has 0 N–H and O–H groups in total. The zero-order chi connectivity index (χ0) is 12.8. The zero-order valence-electron chi connectivity index (χ0n) is 11.8. The molecule has 0 aromatic heterocycles. The van der Waals surface area contributed by atoms with Crippen LogP contribution in [-0.4, -0.2) is 11.5 Å². The second-order valence-electron chi connectivity index (χ2n) is 4.63. The average Bonchev–Trinajstić information content (AvgIpc) is 2.35. The highest BCUT2D eigenvalue weighted by molar-refractivity contribution is 7.99. The molecule has 99 valence electrons. The molecule has 0 saturated heterocycles. The standard InChI is InChI=1S/C16H29S/c1-4-5-6-7-8-9-10-11-12-13-14-15-16(2)17-3/h16H,1,4-13H2,2-3H3. The summed E-state index contributed by atoms with van der Waals surface area (Å²) in [6, 6.07) is 0. The van der Waals surface area contributed by atoms with Crippen molar-refractivity contribution in [3.8, 4) is 11.8 Å². The van der Waals surface area contributed by atoms with E-state index in [2.05, 4.69) is 31.9 Å². The number of hydrogen-bond donors (Lipinski definition) is 0. The summed E-state index contributed by atoms with van der Waals surface area (Å²) in [5.41, 5.74) is 0.